The summed E-state index contributed by atoms with van der Waals surface area (Å²) in [5, 5.41) is 30.8. The number of fused-ring (bicyclic) bond motifs is 1. The minimum atomic E-state index is -1.36. The van der Waals surface area contributed by atoms with Crippen molar-refractivity contribution in [3.63, 3.8) is 0 Å². The molecule has 2 saturated heterocycles. The molecular weight excluding hydrogens is 362 g/mol. The van der Waals surface area contributed by atoms with Gasteiger partial charge in [-0.15, -0.1) is 12.4 Å². The smallest absolute Gasteiger partial charge is 0.451 e. The van der Waals surface area contributed by atoms with Crippen LogP contribution >= 0.6 is 12.4 Å². The molecular formula is C16H30BClN2O6. The van der Waals surface area contributed by atoms with Crippen molar-refractivity contribution < 1.29 is 29.5 Å². The lowest BCUT2D eigenvalue weighted by Crippen LogP contribution is -2.52. The van der Waals surface area contributed by atoms with Crippen LogP contribution in [0.25, 0.3) is 0 Å². The number of halogens is 1. The molecule has 0 radical (unpaired) electrons. The Kier molecular flexibility index (Phi) is 8.66. The molecule has 2 heterocycles. The van der Waals surface area contributed by atoms with Gasteiger partial charge in [0.1, 0.15) is 5.54 Å². The van der Waals surface area contributed by atoms with Gasteiger partial charge in [-0.25, -0.2) is 4.79 Å². The fraction of sp³-hybridized carbons (Fsp3) is 0.875. The first-order chi connectivity index (χ1) is 11.8. The lowest BCUT2D eigenvalue weighted by Gasteiger charge is -2.30. The molecule has 0 aliphatic carbocycles. The van der Waals surface area contributed by atoms with Crippen molar-refractivity contribution >= 4 is 31.6 Å². The van der Waals surface area contributed by atoms with Crippen LogP contribution in [0.3, 0.4) is 0 Å². The van der Waals surface area contributed by atoms with Gasteiger partial charge in [0.15, 0.2) is 0 Å². The van der Waals surface area contributed by atoms with Crippen LogP contribution in [0.5, 0.6) is 0 Å². The van der Waals surface area contributed by atoms with Crippen molar-refractivity contribution in [2.24, 2.45) is 11.8 Å². The number of carboxylic acids is 1. The number of aliphatic carboxylic acids is 1. The number of carboxylic acid groups (broad SMARTS) is 1. The van der Waals surface area contributed by atoms with E-state index in [4.69, 9.17) is 14.8 Å². The molecule has 1 amide bonds. The molecule has 150 valence electrons. The summed E-state index contributed by atoms with van der Waals surface area (Å²) in [5.74, 6) is -0.804. The van der Waals surface area contributed by atoms with Gasteiger partial charge in [0.2, 0.25) is 0 Å². The third-order valence-electron chi connectivity index (χ3n) is 5.25. The van der Waals surface area contributed by atoms with E-state index in [0.717, 1.165) is 0 Å². The Morgan fingerprint density at radius 2 is 2.04 bits per heavy atom. The van der Waals surface area contributed by atoms with Crippen LogP contribution in [0.4, 0.5) is 4.79 Å². The Hall–Kier alpha value is -1.03. The van der Waals surface area contributed by atoms with E-state index in [-0.39, 0.29) is 42.7 Å². The van der Waals surface area contributed by atoms with Crippen molar-refractivity contribution in [3.8, 4) is 0 Å². The molecule has 4 N–H and O–H groups in total. The van der Waals surface area contributed by atoms with Crippen molar-refractivity contribution in [3.05, 3.63) is 0 Å². The molecule has 8 nitrogen and oxygen atoms in total. The van der Waals surface area contributed by atoms with Gasteiger partial charge in [0, 0.05) is 19.0 Å². The van der Waals surface area contributed by atoms with Crippen LogP contribution in [0.1, 0.15) is 39.5 Å². The maximum atomic E-state index is 12.3. The molecule has 0 unspecified atom stereocenters. The molecule has 0 spiro atoms. The number of carbonyl (C=O) groups is 2. The average Bonchev–Trinajstić information content (AvgIpc) is 3.10. The monoisotopic (exact) mass is 392 g/mol. The molecule has 2 aliphatic rings. The van der Waals surface area contributed by atoms with E-state index in [9.17, 15) is 14.7 Å². The first kappa shape index (κ1) is 23.0. The molecule has 2 fully saturated rings. The van der Waals surface area contributed by atoms with E-state index >= 15 is 0 Å². The van der Waals surface area contributed by atoms with Gasteiger partial charge < -0.3 is 24.8 Å². The normalized spacial score (nSPS) is 27.2. The first-order valence-electron chi connectivity index (χ1n) is 9.06. The summed E-state index contributed by atoms with van der Waals surface area (Å²) < 4.78 is 5.31. The first-order valence-corrected chi connectivity index (χ1v) is 9.06. The summed E-state index contributed by atoms with van der Waals surface area (Å²) in [6.07, 6.45) is 2.03. The summed E-state index contributed by atoms with van der Waals surface area (Å²) >= 11 is 0. The SMILES string of the molecule is CC(C)COC(=O)N1CC[C@H]2[C@@H]1CN[C@@]2(CCCCB(O)O)C(=O)O.Cl. The number of likely N-dealkylation sites (tertiary alicyclic amines) is 1. The fourth-order valence-electron chi connectivity index (χ4n) is 3.99. The van der Waals surface area contributed by atoms with E-state index in [2.05, 4.69) is 5.32 Å². The van der Waals surface area contributed by atoms with E-state index in [1.165, 1.54) is 0 Å². The van der Waals surface area contributed by atoms with Crippen LogP contribution < -0.4 is 5.32 Å². The second-order valence-corrected chi connectivity index (χ2v) is 7.51. The van der Waals surface area contributed by atoms with Gasteiger partial charge in [-0.3, -0.25) is 10.1 Å². The highest BCUT2D eigenvalue weighted by atomic mass is 35.5. The molecule has 3 atom stereocenters. The summed E-state index contributed by atoms with van der Waals surface area (Å²) in [6, 6.07) is -0.167. The number of carbonyl (C=O) groups excluding carboxylic acids is 1. The fourth-order valence-corrected chi connectivity index (χ4v) is 3.99. The van der Waals surface area contributed by atoms with Gasteiger partial charge in [-0.05, 0) is 25.1 Å². The van der Waals surface area contributed by atoms with Crippen LogP contribution in [-0.4, -0.2) is 70.5 Å². The highest BCUT2D eigenvalue weighted by Crippen LogP contribution is 2.41. The Morgan fingerprint density at radius 3 is 2.62 bits per heavy atom. The number of nitrogens with zero attached hydrogens (tertiary/aromatic N) is 1. The molecule has 10 heteroatoms. The Bertz CT molecular complexity index is 495. The number of hydrogen-bond acceptors (Lipinski definition) is 6. The van der Waals surface area contributed by atoms with Gasteiger partial charge in [-0.2, -0.15) is 0 Å². The molecule has 26 heavy (non-hydrogen) atoms. The minimum absolute atomic E-state index is 0. The summed E-state index contributed by atoms with van der Waals surface area (Å²) in [5.41, 5.74) is -1.06. The van der Waals surface area contributed by atoms with Gasteiger partial charge in [0.25, 0.3) is 0 Å². The largest absolute Gasteiger partial charge is 0.480 e. The number of ether oxygens (including phenoxy) is 1. The second-order valence-electron chi connectivity index (χ2n) is 7.51. The summed E-state index contributed by atoms with van der Waals surface area (Å²) in [7, 11) is -1.36. The third-order valence-corrected chi connectivity index (χ3v) is 5.25. The minimum Gasteiger partial charge on any atom is -0.480 e. The van der Waals surface area contributed by atoms with Crippen LogP contribution in [0, 0.1) is 11.8 Å². The van der Waals surface area contributed by atoms with E-state index in [1.54, 1.807) is 4.90 Å². The number of amides is 1. The zero-order valence-electron chi connectivity index (χ0n) is 15.4. The molecule has 0 aromatic carbocycles. The quantitative estimate of drug-likeness (QED) is 0.359. The Labute approximate surface area is 160 Å². The lowest BCUT2D eigenvalue weighted by molar-refractivity contribution is -0.146. The predicted octanol–water partition coefficient (Wildman–Crippen LogP) is 0.961. The molecule has 0 aromatic heterocycles. The Morgan fingerprint density at radius 1 is 1.35 bits per heavy atom. The molecule has 0 saturated carbocycles. The summed E-state index contributed by atoms with van der Waals surface area (Å²) in [6.45, 7) is 5.24. The average molecular weight is 393 g/mol. The number of nitrogens with one attached hydrogen (secondary N) is 1. The number of rotatable bonds is 8. The molecule has 2 rings (SSSR count). The highest BCUT2D eigenvalue weighted by Gasteiger charge is 2.58. The lowest BCUT2D eigenvalue weighted by atomic mass is 9.77. The van der Waals surface area contributed by atoms with Crippen molar-refractivity contribution in [1.82, 2.24) is 10.2 Å². The topological polar surface area (TPSA) is 119 Å². The van der Waals surface area contributed by atoms with Gasteiger partial charge in [0.05, 0.1) is 12.6 Å². The van der Waals surface area contributed by atoms with Crippen molar-refractivity contribution in [2.75, 3.05) is 19.7 Å². The summed E-state index contributed by atoms with van der Waals surface area (Å²) in [4.78, 5) is 25.9. The van der Waals surface area contributed by atoms with E-state index < -0.39 is 18.6 Å². The predicted molar refractivity (Wildman–Crippen MR) is 99.3 cm³/mol. The zero-order valence-corrected chi connectivity index (χ0v) is 16.2. The van der Waals surface area contributed by atoms with Crippen LogP contribution in [-0.2, 0) is 9.53 Å². The zero-order chi connectivity index (χ0) is 18.6. The molecule has 2 aliphatic heterocycles. The van der Waals surface area contributed by atoms with Crippen LogP contribution in [0.2, 0.25) is 6.32 Å². The Balaban J connectivity index is 0.00000338. The van der Waals surface area contributed by atoms with Crippen molar-refractivity contribution in [2.45, 2.75) is 57.4 Å². The van der Waals surface area contributed by atoms with Gasteiger partial charge >= 0.3 is 19.2 Å². The van der Waals surface area contributed by atoms with E-state index in [1.807, 2.05) is 13.8 Å². The van der Waals surface area contributed by atoms with Gasteiger partial charge in [-0.1, -0.05) is 26.7 Å². The number of unbranched alkanes of at least 4 members (excludes halogenated alkanes) is 1. The molecule has 0 bridgehead atoms. The maximum Gasteiger partial charge on any atom is 0.451 e. The highest BCUT2D eigenvalue weighted by molar-refractivity contribution is 6.40. The standard InChI is InChI=1S/C16H29BN2O6.ClH/c1-11(2)10-25-15(22)19-8-5-12-13(19)9-18-16(12,14(20)21)6-3-4-7-17(23)24;/h11-13,18,23-24H,3-10H2,1-2H3,(H,20,21);1H/t12-,13-,16+;/m0./s1. The number of hydrogen-bond donors (Lipinski definition) is 4. The van der Waals surface area contributed by atoms with Crippen molar-refractivity contribution in [1.29, 1.82) is 0 Å². The van der Waals surface area contributed by atoms with Crippen LogP contribution in [0.15, 0.2) is 0 Å². The molecule has 0 aromatic rings. The maximum absolute atomic E-state index is 12.3. The van der Waals surface area contributed by atoms with E-state index in [0.29, 0.717) is 45.4 Å². The third kappa shape index (κ3) is 5.03. The second kappa shape index (κ2) is 9.78.